The van der Waals surface area contributed by atoms with Gasteiger partial charge in [0.05, 0.1) is 6.04 Å². The van der Waals surface area contributed by atoms with Gasteiger partial charge in [-0.2, -0.15) is 0 Å². The standard InChI is InChI=1S/C29H23N/c1-20-7-6-10-22(17-20)24-14-16-29-27(19-24)26-11-4-5-12-28(26)30(29)25-15-13-21-8-2-3-9-23(21)18-25/h2-19,27,29H,1H3. The molecule has 6 rings (SSSR count). The van der Waals surface area contributed by atoms with E-state index in [-0.39, 0.29) is 0 Å². The van der Waals surface area contributed by atoms with Gasteiger partial charge in [0.1, 0.15) is 0 Å². The van der Waals surface area contributed by atoms with Gasteiger partial charge in [0.25, 0.3) is 0 Å². The summed E-state index contributed by atoms with van der Waals surface area (Å²) in [5, 5.41) is 2.57. The van der Waals surface area contributed by atoms with Crippen LogP contribution in [0.25, 0.3) is 16.3 Å². The number of hydrogen-bond acceptors (Lipinski definition) is 1. The molecule has 0 N–H and O–H groups in total. The van der Waals surface area contributed by atoms with Crippen molar-refractivity contribution in [2.75, 3.05) is 4.90 Å². The molecular weight excluding hydrogens is 362 g/mol. The molecule has 1 heterocycles. The molecule has 30 heavy (non-hydrogen) atoms. The zero-order valence-electron chi connectivity index (χ0n) is 17.0. The van der Waals surface area contributed by atoms with Crippen molar-refractivity contribution < 1.29 is 0 Å². The second kappa shape index (κ2) is 6.74. The van der Waals surface area contributed by atoms with Crippen LogP contribution in [-0.2, 0) is 0 Å². The van der Waals surface area contributed by atoms with Crippen LogP contribution in [0, 0.1) is 6.92 Å². The van der Waals surface area contributed by atoms with Crippen molar-refractivity contribution in [3.8, 4) is 0 Å². The minimum Gasteiger partial charge on any atom is -0.333 e. The molecule has 1 aliphatic carbocycles. The summed E-state index contributed by atoms with van der Waals surface area (Å²) in [6.45, 7) is 2.16. The summed E-state index contributed by atoms with van der Waals surface area (Å²) in [6.07, 6.45) is 7.15. The van der Waals surface area contributed by atoms with E-state index >= 15 is 0 Å². The van der Waals surface area contributed by atoms with Gasteiger partial charge in [0.15, 0.2) is 0 Å². The predicted octanol–water partition coefficient (Wildman–Crippen LogP) is 7.41. The molecule has 1 aliphatic heterocycles. The average Bonchev–Trinajstić information content (AvgIpc) is 3.12. The van der Waals surface area contributed by atoms with Gasteiger partial charge in [-0.3, -0.25) is 0 Å². The van der Waals surface area contributed by atoms with E-state index in [4.69, 9.17) is 0 Å². The first-order chi connectivity index (χ1) is 14.8. The number of fused-ring (bicyclic) bond motifs is 4. The van der Waals surface area contributed by atoms with Crippen molar-refractivity contribution in [1.82, 2.24) is 0 Å². The number of benzene rings is 4. The number of para-hydroxylation sites is 1. The van der Waals surface area contributed by atoms with Gasteiger partial charge in [0.2, 0.25) is 0 Å². The molecule has 1 heteroatoms. The fraction of sp³-hybridized carbons (Fsp3) is 0.103. The molecule has 0 fully saturated rings. The van der Waals surface area contributed by atoms with Crippen molar-refractivity contribution in [3.05, 3.63) is 126 Å². The summed E-state index contributed by atoms with van der Waals surface area (Å²) >= 11 is 0. The maximum Gasteiger partial charge on any atom is 0.0630 e. The van der Waals surface area contributed by atoms with Crippen LogP contribution in [0.5, 0.6) is 0 Å². The van der Waals surface area contributed by atoms with Gasteiger partial charge < -0.3 is 4.90 Å². The van der Waals surface area contributed by atoms with Crippen LogP contribution < -0.4 is 4.90 Å². The highest BCUT2D eigenvalue weighted by atomic mass is 15.2. The maximum absolute atomic E-state index is 2.51. The molecule has 2 atom stereocenters. The lowest BCUT2D eigenvalue weighted by atomic mass is 9.86. The van der Waals surface area contributed by atoms with Crippen LogP contribution >= 0.6 is 0 Å². The Hall–Kier alpha value is -3.58. The van der Waals surface area contributed by atoms with E-state index in [1.165, 1.54) is 44.4 Å². The zero-order valence-corrected chi connectivity index (χ0v) is 17.0. The minimum absolute atomic E-state index is 0.303. The van der Waals surface area contributed by atoms with Crippen LogP contribution in [0.4, 0.5) is 11.4 Å². The van der Waals surface area contributed by atoms with Crippen molar-refractivity contribution in [3.63, 3.8) is 0 Å². The average molecular weight is 386 g/mol. The molecule has 4 aromatic rings. The highest BCUT2D eigenvalue weighted by Crippen LogP contribution is 2.49. The van der Waals surface area contributed by atoms with Gasteiger partial charge in [-0.1, -0.05) is 96.6 Å². The van der Waals surface area contributed by atoms with Crippen LogP contribution in [-0.4, -0.2) is 6.04 Å². The molecule has 0 saturated carbocycles. The first-order valence-corrected chi connectivity index (χ1v) is 10.6. The molecule has 2 aliphatic rings. The lowest BCUT2D eigenvalue weighted by Crippen LogP contribution is -2.28. The molecular formula is C29H23N. The Labute approximate surface area is 177 Å². The Balaban J connectivity index is 1.47. The van der Waals surface area contributed by atoms with E-state index < -0.39 is 0 Å². The van der Waals surface area contributed by atoms with Gasteiger partial charge in [-0.05, 0) is 52.6 Å². The summed E-state index contributed by atoms with van der Waals surface area (Å²) in [5.74, 6) is 0.355. The Morgan fingerprint density at radius 2 is 1.57 bits per heavy atom. The molecule has 144 valence electrons. The summed E-state index contributed by atoms with van der Waals surface area (Å²) in [6, 6.07) is 33.4. The first-order valence-electron chi connectivity index (χ1n) is 10.6. The van der Waals surface area contributed by atoms with Crippen LogP contribution in [0.15, 0.2) is 109 Å². The minimum atomic E-state index is 0.303. The lowest BCUT2D eigenvalue weighted by Gasteiger charge is -2.30. The molecule has 4 aromatic carbocycles. The smallest absolute Gasteiger partial charge is 0.0630 e. The number of aryl methyl sites for hydroxylation is 1. The number of rotatable bonds is 2. The fourth-order valence-corrected chi connectivity index (χ4v) is 4.99. The highest BCUT2D eigenvalue weighted by Gasteiger charge is 2.38. The SMILES string of the molecule is Cc1cccc(C2=CC3c4ccccc4N(c4ccc5ccccc5c4)C3C=C2)c1. The van der Waals surface area contributed by atoms with Crippen molar-refractivity contribution in [1.29, 1.82) is 0 Å². The Kier molecular flexibility index (Phi) is 3.89. The Bertz CT molecular complexity index is 1330. The third kappa shape index (κ3) is 2.70. The number of anilines is 2. The molecule has 0 spiro atoms. The van der Waals surface area contributed by atoms with E-state index in [0.717, 1.165) is 0 Å². The van der Waals surface area contributed by atoms with Crippen molar-refractivity contribution in [2.24, 2.45) is 0 Å². The summed E-state index contributed by atoms with van der Waals surface area (Å²) < 4.78 is 0. The summed E-state index contributed by atoms with van der Waals surface area (Å²) in [7, 11) is 0. The maximum atomic E-state index is 2.51. The molecule has 0 aromatic heterocycles. The van der Waals surface area contributed by atoms with Crippen LogP contribution in [0.2, 0.25) is 0 Å². The largest absolute Gasteiger partial charge is 0.333 e. The lowest BCUT2D eigenvalue weighted by molar-refractivity contribution is 0.747. The third-order valence-electron chi connectivity index (χ3n) is 6.42. The summed E-state index contributed by atoms with van der Waals surface area (Å²) in [5.41, 5.74) is 7.89. The van der Waals surface area contributed by atoms with Gasteiger partial charge >= 0.3 is 0 Å². The normalized spacial score (nSPS) is 19.5. The third-order valence-corrected chi connectivity index (χ3v) is 6.42. The van der Waals surface area contributed by atoms with Gasteiger partial charge in [0, 0.05) is 17.3 Å². The molecule has 0 amide bonds. The van der Waals surface area contributed by atoms with E-state index in [2.05, 4.69) is 121 Å². The van der Waals surface area contributed by atoms with Gasteiger partial charge in [-0.15, -0.1) is 0 Å². The predicted molar refractivity (Wildman–Crippen MR) is 127 cm³/mol. The molecule has 0 saturated heterocycles. The number of hydrogen-bond donors (Lipinski definition) is 0. The van der Waals surface area contributed by atoms with E-state index in [1.54, 1.807) is 0 Å². The van der Waals surface area contributed by atoms with E-state index in [0.29, 0.717) is 12.0 Å². The molecule has 0 radical (unpaired) electrons. The zero-order chi connectivity index (χ0) is 20.1. The second-order valence-electron chi connectivity index (χ2n) is 8.33. The fourth-order valence-electron chi connectivity index (χ4n) is 4.99. The van der Waals surface area contributed by atoms with Gasteiger partial charge in [-0.25, -0.2) is 0 Å². The summed E-state index contributed by atoms with van der Waals surface area (Å²) in [4.78, 5) is 2.51. The van der Waals surface area contributed by atoms with Crippen LogP contribution in [0.3, 0.4) is 0 Å². The van der Waals surface area contributed by atoms with Crippen molar-refractivity contribution in [2.45, 2.75) is 18.9 Å². The van der Waals surface area contributed by atoms with Crippen molar-refractivity contribution >= 4 is 27.7 Å². The monoisotopic (exact) mass is 385 g/mol. The molecule has 0 bridgehead atoms. The Morgan fingerprint density at radius 1 is 0.733 bits per heavy atom. The van der Waals surface area contributed by atoms with E-state index in [9.17, 15) is 0 Å². The Morgan fingerprint density at radius 3 is 2.47 bits per heavy atom. The number of nitrogens with zero attached hydrogens (tertiary/aromatic N) is 1. The molecule has 1 nitrogen and oxygen atoms in total. The number of allylic oxidation sites excluding steroid dienone is 2. The van der Waals surface area contributed by atoms with Crippen LogP contribution in [0.1, 0.15) is 22.6 Å². The topological polar surface area (TPSA) is 3.24 Å². The first kappa shape index (κ1) is 17.3. The quantitative estimate of drug-likeness (QED) is 0.347. The second-order valence-corrected chi connectivity index (χ2v) is 8.33. The van der Waals surface area contributed by atoms with E-state index in [1.807, 2.05) is 0 Å². The highest BCUT2D eigenvalue weighted by molar-refractivity contribution is 5.89. The molecule has 2 unspecified atom stereocenters.